The van der Waals surface area contributed by atoms with Crippen molar-refractivity contribution in [2.75, 3.05) is 18.4 Å². The van der Waals surface area contributed by atoms with E-state index in [-0.39, 0.29) is 23.1 Å². The van der Waals surface area contributed by atoms with Crippen molar-refractivity contribution in [3.05, 3.63) is 63.0 Å². The van der Waals surface area contributed by atoms with Crippen molar-refractivity contribution in [2.45, 2.75) is 71.4 Å². The number of benzene rings is 1. The molecule has 2 aromatic heterocycles. The summed E-state index contributed by atoms with van der Waals surface area (Å²) in [5, 5.41) is 3.64. The highest BCUT2D eigenvalue weighted by Gasteiger charge is 2.29. The van der Waals surface area contributed by atoms with Gasteiger partial charge < -0.3 is 19.9 Å². The van der Waals surface area contributed by atoms with Crippen molar-refractivity contribution in [3.63, 3.8) is 0 Å². The first-order valence-corrected chi connectivity index (χ1v) is 12.6. The third-order valence-corrected chi connectivity index (χ3v) is 6.55. The van der Waals surface area contributed by atoms with Gasteiger partial charge in [-0.1, -0.05) is 18.2 Å². The molecule has 204 valence electrons. The Morgan fingerprint density at radius 3 is 2.47 bits per heavy atom. The van der Waals surface area contributed by atoms with Gasteiger partial charge in [0.05, 0.1) is 17.0 Å². The average molecular weight is 532 g/mol. The zero-order valence-electron chi connectivity index (χ0n) is 22.1. The fourth-order valence-corrected chi connectivity index (χ4v) is 4.68. The zero-order valence-corrected chi connectivity index (χ0v) is 22.1. The molecule has 4 rings (SSSR count). The van der Waals surface area contributed by atoms with Crippen molar-refractivity contribution >= 4 is 22.9 Å². The van der Waals surface area contributed by atoms with Gasteiger partial charge in [-0.15, -0.1) is 0 Å². The Balaban J connectivity index is 1.61. The largest absolute Gasteiger partial charge is 0.444 e. The van der Waals surface area contributed by atoms with Crippen LogP contribution in [0.5, 0.6) is 0 Å². The third-order valence-electron chi connectivity index (χ3n) is 6.55. The molecule has 0 aliphatic carbocycles. The molecule has 3 aromatic rings. The van der Waals surface area contributed by atoms with Gasteiger partial charge in [-0.2, -0.15) is 0 Å². The molecule has 8 nitrogen and oxygen atoms in total. The predicted octanol–water partition coefficient (Wildman–Crippen LogP) is 5.99. The number of pyridine rings is 1. The maximum Gasteiger partial charge on any atom is 0.410 e. The maximum atomic E-state index is 14.8. The Morgan fingerprint density at radius 2 is 1.84 bits per heavy atom. The second kappa shape index (κ2) is 10.6. The lowest BCUT2D eigenvalue weighted by Crippen LogP contribution is -2.41. The number of nitrogens with one attached hydrogen (secondary N) is 2. The number of aryl methyl sites for hydroxylation is 1. The lowest BCUT2D eigenvalue weighted by Gasteiger charge is -2.33. The van der Waals surface area contributed by atoms with E-state index >= 15 is 0 Å². The molecule has 1 aromatic carbocycles. The first-order chi connectivity index (χ1) is 17.8. The summed E-state index contributed by atoms with van der Waals surface area (Å²) in [6.07, 6.45) is -2.16. The minimum Gasteiger partial charge on any atom is -0.444 e. The van der Waals surface area contributed by atoms with Crippen LogP contribution < -0.4 is 10.9 Å². The van der Waals surface area contributed by atoms with Gasteiger partial charge in [-0.25, -0.2) is 27.9 Å². The Bertz CT molecular complexity index is 1400. The number of hydrogen-bond acceptors (Lipinski definition) is 6. The number of alkyl halides is 2. The van der Waals surface area contributed by atoms with Gasteiger partial charge in [-0.05, 0) is 59.4 Å². The summed E-state index contributed by atoms with van der Waals surface area (Å²) in [5.41, 5.74) is -0.605. The van der Waals surface area contributed by atoms with Gasteiger partial charge in [0, 0.05) is 24.2 Å². The molecule has 1 fully saturated rings. The maximum absolute atomic E-state index is 14.8. The first kappa shape index (κ1) is 27.4. The Morgan fingerprint density at radius 1 is 1.18 bits per heavy atom. The molecule has 0 saturated carbocycles. The number of carbonyl (C=O) groups excluding carboxylic acids is 1. The Kier molecular flexibility index (Phi) is 7.66. The number of aromatic amines is 1. The van der Waals surface area contributed by atoms with E-state index in [1.165, 1.54) is 12.1 Å². The summed E-state index contributed by atoms with van der Waals surface area (Å²) in [7, 11) is 0. The molecular weight excluding hydrogens is 499 g/mol. The van der Waals surface area contributed by atoms with Gasteiger partial charge in [0.25, 0.3) is 12.0 Å². The monoisotopic (exact) mass is 531 g/mol. The fourth-order valence-electron chi connectivity index (χ4n) is 4.68. The summed E-state index contributed by atoms with van der Waals surface area (Å²) >= 11 is 0. The van der Waals surface area contributed by atoms with E-state index in [4.69, 9.17) is 4.74 Å². The highest BCUT2D eigenvalue weighted by molar-refractivity contribution is 5.87. The highest BCUT2D eigenvalue weighted by Crippen LogP contribution is 2.32. The second-order valence-corrected chi connectivity index (χ2v) is 10.6. The van der Waals surface area contributed by atoms with Crippen LogP contribution in [0.3, 0.4) is 0 Å². The SMILES string of the molecule is Cc1nc(N[C@H](C)c2cccc(C(F)F)c2F)c2cc(C3CCN(C(=O)OC(C)(C)C)CC3)c(=O)[nH]c2n1. The van der Waals surface area contributed by atoms with Crippen LogP contribution in [0.4, 0.5) is 23.8 Å². The number of halogens is 3. The standard InChI is InChI=1S/C27H32F3N5O3/c1-14(17-7-6-8-18(21(17)28)22(29)30)31-23-20-13-19(25(36)34-24(20)33-15(2)32-23)16-9-11-35(12-10-16)26(37)38-27(3,4)5/h6-8,13-14,16,22H,9-12H2,1-5H3,(H2,31,32,33,34,36)/t14-/m1/s1. The lowest BCUT2D eigenvalue weighted by atomic mass is 9.90. The average Bonchev–Trinajstić information content (AvgIpc) is 2.82. The predicted molar refractivity (Wildman–Crippen MR) is 138 cm³/mol. The van der Waals surface area contributed by atoms with E-state index in [9.17, 15) is 22.8 Å². The van der Waals surface area contributed by atoms with Gasteiger partial charge in [0.2, 0.25) is 0 Å². The number of amides is 1. The Hall–Kier alpha value is -3.63. The second-order valence-electron chi connectivity index (χ2n) is 10.6. The van der Waals surface area contributed by atoms with Gasteiger partial charge in [0.1, 0.15) is 28.7 Å². The molecule has 38 heavy (non-hydrogen) atoms. The van der Waals surface area contributed by atoms with Crippen molar-refractivity contribution < 1.29 is 22.7 Å². The number of nitrogens with zero attached hydrogens (tertiary/aromatic N) is 3. The molecule has 2 N–H and O–H groups in total. The zero-order chi connectivity index (χ0) is 27.8. The summed E-state index contributed by atoms with van der Waals surface area (Å²) < 4.78 is 46.7. The molecule has 1 atom stereocenters. The van der Waals surface area contributed by atoms with Crippen LogP contribution >= 0.6 is 0 Å². The smallest absolute Gasteiger partial charge is 0.410 e. The van der Waals surface area contributed by atoms with Gasteiger partial charge in [-0.3, -0.25) is 4.79 Å². The molecule has 0 spiro atoms. The van der Waals surface area contributed by atoms with Crippen molar-refractivity contribution in [1.82, 2.24) is 19.9 Å². The van der Waals surface area contributed by atoms with Crippen LogP contribution in [-0.2, 0) is 4.74 Å². The summed E-state index contributed by atoms with van der Waals surface area (Å²) in [4.78, 5) is 38.7. The number of likely N-dealkylation sites (tertiary alicyclic amines) is 1. The summed E-state index contributed by atoms with van der Waals surface area (Å²) in [6.45, 7) is 9.64. The molecule has 11 heteroatoms. The summed E-state index contributed by atoms with van der Waals surface area (Å²) in [6, 6.07) is 4.92. The molecule has 0 bridgehead atoms. The van der Waals surface area contributed by atoms with Crippen molar-refractivity contribution in [2.24, 2.45) is 0 Å². The van der Waals surface area contributed by atoms with Crippen LogP contribution in [0.2, 0.25) is 0 Å². The quantitative estimate of drug-likeness (QED) is 0.420. The molecule has 3 heterocycles. The van der Waals surface area contributed by atoms with E-state index in [1.807, 2.05) is 20.8 Å². The van der Waals surface area contributed by atoms with Crippen LogP contribution in [-0.4, -0.2) is 44.6 Å². The minimum absolute atomic E-state index is 0.0754. The van der Waals surface area contributed by atoms with Crippen LogP contribution in [0.25, 0.3) is 11.0 Å². The van der Waals surface area contributed by atoms with E-state index in [2.05, 4.69) is 20.3 Å². The number of hydrogen-bond donors (Lipinski definition) is 2. The minimum atomic E-state index is -2.93. The molecule has 0 radical (unpaired) electrons. The molecule has 1 amide bonds. The van der Waals surface area contributed by atoms with E-state index in [0.717, 1.165) is 6.07 Å². The topological polar surface area (TPSA) is 100 Å². The van der Waals surface area contributed by atoms with Crippen LogP contribution in [0.1, 0.15) is 81.4 Å². The molecule has 1 aliphatic rings. The number of anilines is 1. The number of ether oxygens (including phenoxy) is 1. The number of H-pyrrole nitrogens is 1. The van der Waals surface area contributed by atoms with E-state index < -0.39 is 29.4 Å². The number of aromatic nitrogens is 3. The summed E-state index contributed by atoms with van der Waals surface area (Å²) in [5.74, 6) is -0.342. The first-order valence-electron chi connectivity index (χ1n) is 12.6. The fraction of sp³-hybridized carbons (Fsp3) is 0.481. The molecule has 1 aliphatic heterocycles. The lowest BCUT2D eigenvalue weighted by molar-refractivity contribution is 0.0204. The highest BCUT2D eigenvalue weighted by atomic mass is 19.3. The van der Waals surface area contributed by atoms with Crippen molar-refractivity contribution in [3.8, 4) is 0 Å². The molecule has 1 saturated heterocycles. The molecule has 0 unspecified atom stereocenters. The third kappa shape index (κ3) is 5.92. The van der Waals surface area contributed by atoms with Crippen molar-refractivity contribution in [1.29, 1.82) is 0 Å². The number of fused-ring (bicyclic) bond motifs is 1. The Labute approximate surface area is 218 Å². The van der Waals surface area contributed by atoms with E-state index in [1.54, 1.807) is 24.8 Å². The number of piperidine rings is 1. The van der Waals surface area contributed by atoms with E-state index in [0.29, 0.717) is 54.2 Å². The normalized spacial score (nSPS) is 15.7. The van der Waals surface area contributed by atoms with Gasteiger partial charge >= 0.3 is 6.09 Å². The van der Waals surface area contributed by atoms with Crippen LogP contribution in [0, 0.1) is 12.7 Å². The number of rotatable bonds is 5. The number of carbonyl (C=O) groups is 1. The van der Waals surface area contributed by atoms with Crippen LogP contribution in [0.15, 0.2) is 29.1 Å². The molecular formula is C27H32F3N5O3. The van der Waals surface area contributed by atoms with Gasteiger partial charge in [0.15, 0.2) is 0 Å².